The van der Waals surface area contributed by atoms with Gasteiger partial charge in [0.2, 0.25) is 0 Å². The number of aryl methyl sites for hydroxylation is 1. The van der Waals surface area contributed by atoms with Gasteiger partial charge in [-0.25, -0.2) is 13.2 Å². The van der Waals surface area contributed by atoms with Gasteiger partial charge in [-0.1, -0.05) is 18.2 Å². The van der Waals surface area contributed by atoms with E-state index in [1.165, 1.54) is 0 Å². The molecule has 0 bridgehead atoms. The fourth-order valence-corrected chi connectivity index (χ4v) is 5.50. The molecule has 27 heavy (non-hydrogen) atoms. The predicted octanol–water partition coefficient (Wildman–Crippen LogP) is 1.18. The smallest absolute Gasteiger partial charge is 0.339 e. The molecule has 1 aliphatic heterocycles. The molecule has 7 nitrogen and oxygen atoms in total. The standard InChI is InChI=1S/C19H20N2O5S/c22-17(20-12-8-9-27(24,25)11-12)10-26-19(23)18-13-4-1-2-6-15(13)21-16-7-3-5-14(16)18/h1-2,4,6,12H,3,5,7-11H2,(H,20,22). The van der Waals surface area contributed by atoms with Gasteiger partial charge in [-0.2, -0.15) is 0 Å². The van der Waals surface area contributed by atoms with Crippen LogP contribution >= 0.6 is 0 Å². The Hall–Kier alpha value is -2.48. The third-order valence-electron chi connectivity index (χ3n) is 5.06. The molecule has 1 amide bonds. The first kappa shape index (κ1) is 17.9. The average molecular weight is 388 g/mol. The van der Waals surface area contributed by atoms with Gasteiger partial charge in [0, 0.05) is 17.1 Å². The van der Waals surface area contributed by atoms with Crippen LogP contribution in [-0.4, -0.2) is 49.4 Å². The molecule has 2 aromatic rings. The molecule has 0 spiro atoms. The molecular formula is C19H20N2O5S. The van der Waals surface area contributed by atoms with Crippen LogP contribution in [0, 0.1) is 0 Å². The van der Waals surface area contributed by atoms with Crippen molar-refractivity contribution < 1.29 is 22.7 Å². The molecule has 2 heterocycles. The molecule has 1 aliphatic carbocycles. The van der Waals surface area contributed by atoms with Crippen molar-refractivity contribution in [2.45, 2.75) is 31.7 Å². The van der Waals surface area contributed by atoms with Crippen LogP contribution in [-0.2, 0) is 32.2 Å². The largest absolute Gasteiger partial charge is 0.452 e. The van der Waals surface area contributed by atoms with Gasteiger partial charge in [-0.15, -0.1) is 0 Å². The van der Waals surface area contributed by atoms with Gasteiger partial charge < -0.3 is 10.1 Å². The molecule has 142 valence electrons. The van der Waals surface area contributed by atoms with Gasteiger partial charge in [0.25, 0.3) is 5.91 Å². The van der Waals surface area contributed by atoms with E-state index in [2.05, 4.69) is 10.3 Å². The Morgan fingerprint density at radius 2 is 2.04 bits per heavy atom. The molecule has 0 saturated carbocycles. The lowest BCUT2D eigenvalue weighted by Gasteiger charge is -2.13. The summed E-state index contributed by atoms with van der Waals surface area (Å²) >= 11 is 0. The van der Waals surface area contributed by atoms with E-state index in [0.29, 0.717) is 12.0 Å². The Morgan fingerprint density at radius 3 is 2.81 bits per heavy atom. The molecule has 1 aromatic heterocycles. The van der Waals surface area contributed by atoms with Gasteiger partial charge in [0.05, 0.1) is 22.6 Å². The highest BCUT2D eigenvalue weighted by Gasteiger charge is 2.29. The number of rotatable bonds is 4. The van der Waals surface area contributed by atoms with Crippen molar-refractivity contribution >= 4 is 32.6 Å². The number of ether oxygens (including phenoxy) is 1. The van der Waals surface area contributed by atoms with Crippen LogP contribution in [0.25, 0.3) is 10.9 Å². The minimum atomic E-state index is -3.08. The van der Waals surface area contributed by atoms with Crippen LogP contribution in [0.15, 0.2) is 24.3 Å². The molecule has 1 atom stereocenters. The molecule has 1 unspecified atom stereocenters. The van der Waals surface area contributed by atoms with E-state index >= 15 is 0 Å². The molecule has 4 rings (SSSR count). The Bertz CT molecular complexity index is 1030. The van der Waals surface area contributed by atoms with Crippen molar-refractivity contribution in [2.75, 3.05) is 18.1 Å². The average Bonchev–Trinajstić information content (AvgIpc) is 3.23. The lowest BCUT2D eigenvalue weighted by Crippen LogP contribution is -2.38. The van der Waals surface area contributed by atoms with Gasteiger partial charge in [0.1, 0.15) is 0 Å². The summed E-state index contributed by atoms with van der Waals surface area (Å²) in [5, 5.41) is 3.35. The van der Waals surface area contributed by atoms with Crippen molar-refractivity contribution in [3.8, 4) is 0 Å². The third-order valence-corrected chi connectivity index (χ3v) is 6.82. The number of fused-ring (bicyclic) bond motifs is 2. The van der Waals surface area contributed by atoms with Crippen molar-refractivity contribution in [1.29, 1.82) is 0 Å². The van der Waals surface area contributed by atoms with E-state index in [4.69, 9.17) is 4.74 Å². The second kappa shape index (κ2) is 6.92. The van der Waals surface area contributed by atoms with E-state index in [1.807, 2.05) is 24.3 Å². The number of hydrogen-bond acceptors (Lipinski definition) is 6. The maximum atomic E-state index is 12.7. The number of pyridine rings is 1. The first-order chi connectivity index (χ1) is 12.9. The van der Waals surface area contributed by atoms with E-state index in [-0.39, 0.29) is 11.5 Å². The van der Waals surface area contributed by atoms with Crippen LogP contribution in [0.2, 0.25) is 0 Å². The molecule has 1 saturated heterocycles. The summed E-state index contributed by atoms with van der Waals surface area (Å²) in [5.41, 5.74) is 3.05. The molecule has 1 aromatic carbocycles. The van der Waals surface area contributed by atoms with Crippen LogP contribution in [0.5, 0.6) is 0 Å². The van der Waals surface area contributed by atoms with E-state index < -0.39 is 34.4 Å². The Balaban J connectivity index is 1.48. The number of aromatic nitrogens is 1. The summed E-state index contributed by atoms with van der Waals surface area (Å²) < 4.78 is 28.2. The number of nitrogens with one attached hydrogen (secondary N) is 1. The molecule has 2 aliphatic rings. The van der Waals surface area contributed by atoms with Crippen molar-refractivity contribution in [1.82, 2.24) is 10.3 Å². The lowest BCUT2D eigenvalue weighted by atomic mass is 10.0. The number of carbonyl (C=O) groups excluding carboxylic acids is 2. The zero-order valence-electron chi connectivity index (χ0n) is 14.7. The molecular weight excluding hydrogens is 368 g/mol. The summed E-state index contributed by atoms with van der Waals surface area (Å²) in [4.78, 5) is 29.4. The Morgan fingerprint density at radius 1 is 1.22 bits per heavy atom. The number of esters is 1. The monoisotopic (exact) mass is 388 g/mol. The zero-order chi connectivity index (χ0) is 19.0. The molecule has 8 heteroatoms. The van der Waals surface area contributed by atoms with Crippen molar-refractivity contribution in [3.05, 3.63) is 41.1 Å². The Kier molecular flexibility index (Phi) is 4.59. The lowest BCUT2D eigenvalue weighted by molar-refractivity contribution is -0.124. The van der Waals surface area contributed by atoms with E-state index in [0.717, 1.165) is 41.4 Å². The highest BCUT2D eigenvalue weighted by Crippen LogP contribution is 2.30. The fraction of sp³-hybridized carbons (Fsp3) is 0.421. The maximum Gasteiger partial charge on any atom is 0.339 e. The zero-order valence-corrected chi connectivity index (χ0v) is 15.5. The van der Waals surface area contributed by atoms with E-state index in [9.17, 15) is 18.0 Å². The topological polar surface area (TPSA) is 102 Å². The van der Waals surface area contributed by atoms with Crippen molar-refractivity contribution in [2.24, 2.45) is 0 Å². The highest BCUT2D eigenvalue weighted by atomic mass is 32.2. The summed E-state index contributed by atoms with van der Waals surface area (Å²) in [6.07, 6.45) is 2.93. The highest BCUT2D eigenvalue weighted by molar-refractivity contribution is 7.91. The first-order valence-corrected chi connectivity index (χ1v) is 10.8. The number of carbonyl (C=O) groups is 2. The second-order valence-electron chi connectivity index (χ2n) is 7.03. The fourth-order valence-electron chi connectivity index (χ4n) is 3.83. The SMILES string of the molecule is O=C(COC(=O)c1c2c(nc3ccccc13)CCC2)NC1CCS(=O)(=O)C1. The van der Waals surface area contributed by atoms with Gasteiger partial charge in [-0.3, -0.25) is 9.78 Å². The third kappa shape index (κ3) is 3.66. The minimum absolute atomic E-state index is 0.0603. The van der Waals surface area contributed by atoms with Gasteiger partial charge in [0.15, 0.2) is 16.4 Å². The predicted molar refractivity (Wildman–Crippen MR) is 99.3 cm³/mol. The second-order valence-corrected chi connectivity index (χ2v) is 9.26. The maximum absolute atomic E-state index is 12.7. The van der Waals surface area contributed by atoms with Crippen LogP contribution < -0.4 is 5.32 Å². The number of hydrogen-bond donors (Lipinski definition) is 1. The summed E-state index contributed by atoms with van der Waals surface area (Å²) in [6, 6.07) is 7.00. The Labute approximate surface area is 157 Å². The minimum Gasteiger partial charge on any atom is -0.452 e. The van der Waals surface area contributed by atoms with Crippen molar-refractivity contribution in [3.63, 3.8) is 0 Å². The van der Waals surface area contributed by atoms with Crippen LogP contribution in [0.1, 0.15) is 34.5 Å². The first-order valence-electron chi connectivity index (χ1n) is 9.00. The number of amides is 1. The van der Waals surface area contributed by atoms with Gasteiger partial charge >= 0.3 is 5.97 Å². The number of sulfone groups is 1. The summed E-state index contributed by atoms with van der Waals surface area (Å²) in [7, 11) is -3.08. The number of nitrogens with zero attached hydrogens (tertiary/aromatic N) is 1. The molecule has 1 N–H and O–H groups in total. The van der Waals surface area contributed by atoms with Crippen LogP contribution in [0.3, 0.4) is 0 Å². The van der Waals surface area contributed by atoms with E-state index in [1.54, 1.807) is 0 Å². The van der Waals surface area contributed by atoms with Gasteiger partial charge in [-0.05, 0) is 37.3 Å². The number of para-hydroxylation sites is 1. The number of benzene rings is 1. The summed E-state index contributed by atoms with van der Waals surface area (Å²) in [5.74, 6) is -1.01. The molecule has 0 radical (unpaired) electrons. The molecule has 1 fully saturated rings. The quantitative estimate of drug-likeness (QED) is 0.789. The van der Waals surface area contributed by atoms with Crippen LogP contribution in [0.4, 0.5) is 0 Å². The summed E-state index contributed by atoms with van der Waals surface area (Å²) in [6.45, 7) is -0.430. The normalized spacial score (nSPS) is 20.4.